The lowest BCUT2D eigenvalue weighted by molar-refractivity contribution is -0.123. The highest BCUT2D eigenvalue weighted by Crippen LogP contribution is 2.18. The van der Waals surface area contributed by atoms with Gasteiger partial charge in [-0.2, -0.15) is 0 Å². The van der Waals surface area contributed by atoms with Gasteiger partial charge in [-0.3, -0.25) is 14.2 Å². The summed E-state index contributed by atoms with van der Waals surface area (Å²) in [6, 6.07) is 11.8. The number of hydrogen-bond acceptors (Lipinski definition) is 5. The van der Waals surface area contributed by atoms with Crippen LogP contribution < -0.4 is 10.9 Å². The van der Waals surface area contributed by atoms with Gasteiger partial charge < -0.3 is 10.1 Å². The van der Waals surface area contributed by atoms with Gasteiger partial charge in [0, 0.05) is 23.1 Å². The Bertz CT molecular complexity index is 1220. The van der Waals surface area contributed by atoms with E-state index in [0.717, 1.165) is 42.4 Å². The van der Waals surface area contributed by atoms with Crippen molar-refractivity contribution in [2.24, 2.45) is 0 Å². The van der Waals surface area contributed by atoms with Crippen molar-refractivity contribution in [2.75, 3.05) is 5.32 Å². The Morgan fingerprint density at radius 2 is 1.84 bits per heavy atom. The molecule has 1 atom stereocenters. The SMILES string of the molecule is CC(OC(=O)c1ccc2c(=O)n3c(nc2c1)CCCCCC3)C(=O)Nc1ccc(Br)cc1. The molecule has 0 saturated carbocycles. The smallest absolute Gasteiger partial charge is 0.338 e. The van der Waals surface area contributed by atoms with Gasteiger partial charge in [0.1, 0.15) is 5.82 Å². The summed E-state index contributed by atoms with van der Waals surface area (Å²) in [4.78, 5) is 42.6. The molecule has 7 nitrogen and oxygen atoms in total. The first kappa shape index (κ1) is 22.2. The molecule has 1 aromatic heterocycles. The van der Waals surface area contributed by atoms with Crippen LogP contribution >= 0.6 is 15.9 Å². The Kier molecular flexibility index (Phi) is 6.69. The lowest BCUT2D eigenvalue weighted by Gasteiger charge is -2.17. The summed E-state index contributed by atoms with van der Waals surface area (Å²) < 4.78 is 8.00. The first-order chi connectivity index (χ1) is 15.4. The molecule has 0 spiro atoms. The standard InChI is InChI=1S/C24H24BrN3O4/c1-15(22(29)26-18-10-8-17(25)9-11-18)32-24(31)16-7-12-19-20(14-16)27-21-6-4-2-3-5-13-28(21)23(19)30/h7-12,14-15H,2-6,13H2,1H3,(H,26,29). The van der Waals surface area contributed by atoms with Gasteiger partial charge in [0.2, 0.25) is 0 Å². The predicted octanol–water partition coefficient (Wildman–Crippen LogP) is 4.46. The number of hydrogen-bond donors (Lipinski definition) is 1. The maximum Gasteiger partial charge on any atom is 0.338 e. The highest BCUT2D eigenvalue weighted by atomic mass is 79.9. The van der Waals surface area contributed by atoms with E-state index in [0.29, 0.717) is 23.1 Å². The van der Waals surface area contributed by atoms with Crippen molar-refractivity contribution in [3.05, 3.63) is 68.7 Å². The van der Waals surface area contributed by atoms with Gasteiger partial charge in [-0.25, -0.2) is 9.78 Å². The van der Waals surface area contributed by atoms with Crippen LogP contribution in [0.4, 0.5) is 5.69 Å². The average molecular weight is 498 g/mol. The van der Waals surface area contributed by atoms with Crippen molar-refractivity contribution in [1.29, 1.82) is 0 Å². The van der Waals surface area contributed by atoms with Crippen molar-refractivity contribution < 1.29 is 14.3 Å². The number of halogens is 1. The Labute approximate surface area is 193 Å². The van der Waals surface area contributed by atoms with Crippen LogP contribution in [0, 0.1) is 0 Å². The zero-order chi connectivity index (χ0) is 22.7. The lowest BCUT2D eigenvalue weighted by atomic mass is 10.1. The third-order valence-electron chi connectivity index (χ3n) is 5.57. The second kappa shape index (κ2) is 9.65. The second-order valence-electron chi connectivity index (χ2n) is 7.92. The number of amides is 1. The average Bonchev–Trinajstić information content (AvgIpc) is 2.76. The third kappa shape index (κ3) is 4.91. The Morgan fingerprint density at radius 1 is 1.09 bits per heavy atom. The van der Waals surface area contributed by atoms with Crippen molar-refractivity contribution >= 4 is 44.4 Å². The number of aryl methyl sites for hydroxylation is 1. The van der Waals surface area contributed by atoms with Crippen LogP contribution in [0.5, 0.6) is 0 Å². The molecule has 0 bridgehead atoms. The van der Waals surface area contributed by atoms with Crippen LogP contribution in [-0.2, 0) is 22.5 Å². The van der Waals surface area contributed by atoms with Crippen molar-refractivity contribution in [3.63, 3.8) is 0 Å². The Balaban J connectivity index is 1.51. The zero-order valence-corrected chi connectivity index (χ0v) is 19.4. The molecule has 1 N–H and O–H groups in total. The molecule has 8 heteroatoms. The molecule has 0 fully saturated rings. The summed E-state index contributed by atoms with van der Waals surface area (Å²) in [6.07, 6.45) is 3.95. The van der Waals surface area contributed by atoms with Gasteiger partial charge >= 0.3 is 5.97 Å². The number of nitrogens with one attached hydrogen (secondary N) is 1. The van der Waals surface area contributed by atoms with E-state index in [2.05, 4.69) is 26.2 Å². The molecule has 166 valence electrons. The Hall–Kier alpha value is -3.00. The molecule has 1 aliphatic rings. The molecule has 1 amide bonds. The molecular formula is C24H24BrN3O4. The van der Waals surface area contributed by atoms with Gasteiger partial charge in [0.15, 0.2) is 6.10 Å². The minimum atomic E-state index is -0.990. The number of carbonyl (C=O) groups is 2. The topological polar surface area (TPSA) is 90.3 Å². The molecule has 0 aliphatic carbocycles. The number of esters is 1. The van der Waals surface area contributed by atoms with Crippen molar-refractivity contribution in [2.45, 2.75) is 51.7 Å². The van der Waals surface area contributed by atoms with E-state index in [9.17, 15) is 14.4 Å². The number of ether oxygens (including phenoxy) is 1. The molecule has 2 heterocycles. The van der Waals surface area contributed by atoms with Gasteiger partial charge in [-0.1, -0.05) is 28.8 Å². The summed E-state index contributed by atoms with van der Waals surface area (Å²) in [5, 5.41) is 3.19. The van der Waals surface area contributed by atoms with Crippen molar-refractivity contribution in [1.82, 2.24) is 9.55 Å². The Morgan fingerprint density at radius 3 is 2.62 bits per heavy atom. The number of aromatic nitrogens is 2. The van der Waals surface area contributed by atoms with E-state index in [1.807, 2.05) is 0 Å². The van der Waals surface area contributed by atoms with Crippen LogP contribution in [0.3, 0.4) is 0 Å². The number of fused-ring (bicyclic) bond motifs is 2. The summed E-state index contributed by atoms with van der Waals surface area (Å²) in [6.45, 7) is 2.19. The van der Waals surface area contributed by atoms with E-state index in [1.54, 1.807) is 47.0 Å². The number of anilines is 1. The maximum absolute atomic E-state index is 12.9. The van der Waals surface area contributed by atoms with E-state index < -0.39 is 18.0 Å². The predicted molar refractivity (Wildman–Crippen MR) is 126 cm³/mol. The molecule has 0 saturated heterocycles. The highest BCUT2D eigenvalue weighted by Gasteiger charge is 2.20. The fourth-order valence-corrected chi connectivity index (χ4v) is 4.05. The van der Waals surface area contributed by atoms with E-state index in [1.165, 1.54) is 6.92 Å². The van der Waals surface area contributed by atoms with Gasteiger partial charge in [-0.15, -0.1) is 0 Å². The van der Waals surface area contributed by atoms with E-state index in [4.69, 9.17) is 4.74 Å². The molecule has 3 aromatic rings. The molecule has 0 radical (unpaired) electrons. The highest BCUT2D eigenvalue weighted by molar-refractivity contribution is 9.10. The largest absolute Gasteiger partial charge is 0.449 e. The van der Waals surface area contributed by atoms with Crippen LogP contribution in [0.15, 0.2) is 51.7 Å². The fourth-order valence-electron chi connectivity index (χ4n) is 3.78. The van der Waals surface area contributed by atoms with Crippen LogP contribution in [0.25, 0.3) is 10.9 Å². The van der Waals surface area contributed by atoms with Gasteiger partial charge in [0.05, 0.1) is 16.5 Å². The number of rotatable bonds is 4. The quantitative estimate of drug-likeness (QED) is 0.537. The van der Waals surface area contributed by atoms with Crippen LogP contribution in [0.2, 0.25) is 0 Å². The fraction of sp³-hybridized carbons (Fsp3) is 0.333. The molecule has 1 unspecified atom stereocenters. The maximum atomic E-state index is 12.9. The molecule has 1 aliphatic heterocycles. The minimum Gasteiger partial charge on any atom is -0.449 e. The molecule has 4 rings (SSSR count). The molecule has 32 heavy (non-hydrogen) atoms. The summed E-state index contributed by atoms with van der Waals surface area (Å²) in [5.41, 5.74) is 1.26. The van der Waals surface area contributed by atoms with Gasteiger partial charge in [0.25, 0.3) is 11.5 Å². The van der Waals surface area contributed by atoms with Gasteiger partial charge in [-0.05, 0) is 62.2 Å². The minimum absolute atomic E-state index is 0.0749. The zero-order valence-electron chi connectivity index (χ0n) is 17.8. The summed E-state index contributed by atoms with van der Waals surface area (Å²) >= 11 is 3.34. The monoisotopic (exact) mass is 497 g/mol. The molecule has 2 aromatic carbocycles. The van der Waals surface area contributed by atoms with Crippen molar-refractivity contribution in [3.8, 4) is 0 Å². The van der Waals surface area contributed by atoms with Crippen LogP contribution in [0.1, 0.15) is 48.8 Å². The normalized spacial score (nSPS) is 14.7. The third-order valence-corrected chi connectivity index (χ3v) is 6.10. The number of benzene rings is 2. The first-order valence-corrected chi connectivity index (χ1v) is 11.5. The summed E-state index contributed by atoms with van der Waals surface area (Å²) in [7, 11) is 0. The molecular weight excluding hydrogens is 474 g/mol. The number of nitrogens with zero attached hydrogens (tertiary/aromatic N) is 2. The van der Waals surface area contributed by atoms with E-state index in [-0.39, 0.29) is 11.1 Å². The second-order valence-corrected chi connectivity index (χ2v) is 8.84. The summed E-state index contributed by atoms with van der Waals surface area (Å²) in [5.74, 6) is -0.312. The lowest BCUT2D eigenvalue weighted by Crippen LogP contribution is -2.30. The van der Waals surface area contributed by atoms with E-state index >= 15 is 0 Å². The first-order valence-electron chi connectivity index (χ1n) is 10.7. The van der Waals surface area contributed by atoms with Crippen LogP contribution in [-0.4, -0.2) is 27.5 Å². The number of carbonyl (C=O) groups excluding carboxylic acids is 2.